The third-order valence-electron chi connectivity index (χ3n) is 2.46. The van der Waals surface area contributed by atoms with E-state index >= 15 is 0 Å². The molecule has 0 N–H and O–H groups in total. The Labute approximate surface area is 98.0 Å². The molecular formula is C11H13N3OS. The lowest BCUT2D eigenvalue weighted by Crippen LogP contribution is -2.09. The van der Waals surface area contributed by atoms with E-state index in [1.165, 1.54) is 11.3 Å². The summed E-state index contributed by atoms with van der Waals surface area (Å²) in [6.07, 6.45) is 3.97. The molecule has 2 aromatic rings. The van der Waals surface area contributed by atoms with Gasteiger partial charge in [-0.2, -0.15) is 0 Å². The van der Waals surface area contributed by atoms with Gasteiger partial charge >= 0.3 is 0 Å². The minimum Gasteiger partial charge on any atom is -0.335 e. The van der Waals surface area contributed by atoms with E-state index < -0.39 is 0 Å². The van der Waals surface area contributed by atoms with Crippen LogP contribution in [0.5, 0.6) is 0 Å². The molecule has 0 unspecified atom stereocenters. The van der Waals surface area contributed by atoms with Gasteiger partial charge in [-0.25, -0.2) is 9.97 Å². The first-order valence-electron chi connectivity index (χ1n) is 5.15. The third kappa shape index (κ3) is 2.04. The number of thiazole rings is 1. The summed E-state index contributed by atoms with van der Waals surface area (Å²) in [5, 5.41) is 0. The van der Waals surface area contributed by atoms with Crippen molar-refractivity contribution in [3.63, 3.8) is 0 Å². The van der Waals surface area contributed by atoms with Crippen molar-refractivity contribution in [2.24, 2.45) is 0 Å². The molecule has 84 valence electrons. The number of imidazole rings is 1. The molecule has 0 atom stereocenters. The molecule has 0 saturated heterocycles. The summed E-state index contributed by atoms with van der Waals surface area (Å²) in [5.74, 6) is 0.918. The lowest BCUT2D eigenvalue weighted by atomic mass is 10.2. The molecule has 0 spiro atoms. The Morgan fingerprint density at radius 1 is 1.50 bits per heavy atom. The predicted molar refractivity (Wildman–Crippen MR) is 62.8 cm³/mol. The van der Waals surface area contributed by atoms with E-state index in [1.54, 1.807) is 11.7 Å². The highest BCUT2D eigenvalue weighted by atomic mass is 32.1. The Morgan fingerprint density at radius 3 is 2.94 bits per heavy atom. The average molecular weight is 235 g/mol. The smallest absolute Gasteiger partial charge is 0.182 e. The van der Waals surface area contributed by atoms with Gasteiger partial charge in [-0.05, 0) is 13.8 Å². The van der Waals surface area contributed by atoms with Crippen molar-refractivity contribution in [3.05, 3.63) is 34.3 Å². The fourth-order valence-corrected chi connectivity index (χ4v) is 2.33. The second kappa shape index (κ2) is 4.57. The number of hydrogen-bond acceptors (Lipinski definition) is 4. The first-order valence-corrected chi connectivity index (χ1v) is 6.03. The summed E-state index contributed by atoms with van der Waals surface area (Å²) in [5.41, 5.74) is 2.51. The second-order valence-electron chi connectivity index (χ2n) is 3.50. The summed E-state index contributed by atoms with van der Waals surface area (Å²) in [6.45, 7) is 4.73. The van der Waals surface area contributed by atoms with E-state index in [0.29, 0.717) is 6.42 Å². The first kappa shape index (κ1) is 11.0. The summed E-state index contributed by atoms with van der Waals surface area (Å²) in [7, 11) is 0. The van der Waals surface area contributed by atoms with Crippen molar-refractivity contribution in [1.29, 1.82) is 0 Å². The molecule has 2 aromatic heterocycles. The van der Waals surface area contributed by atoms with Crippen molar-refractivity contribution in [1.82, 2.24) is 14.5 Å². The lowest BCUT2D eigenvalue weighted by Gasteiger charge is -2.03. The van der Waals surface area contributed by atoms with Crippen LogP contribution in [0.15, 0.2) is 17.9 Å². The molecule has 0 bridgehead atoms. The van der Waals surface area contributed by atoms with Crippen LogP contribution in [-0.4, -0.2) is 20.3 Å². The van der Waals surface area contributed by atoms with Crippen LogP contribution in [-0.2, 0) is 13.0 Å². The molecule has 0 radical (unpaired) electrons. The zero-order chi connectivity index (χ0) is 11.5. The number of ketones is 1. The predicted octanol–water partition coefficient (Wildman–Crippen LogP) is 2.09. The fourth-order valence-electron chi connectivity index (χ4n) is 1.59. The molecule has 0 aliphatic heterocycles. The van der Waals surface area contributed by atoms with E-state index in [-0.39, 0.29) is 5.78 Å². The number of nitrogens with zero attached hydrogens (tertiary/aromatic N) is 3. The van der Waals surface area contributed by atoms with E-state index in [4.69, 9.17) is 0 Å². The maximum absolute atomic E-state index is 12.0. The Balaban J connectivity index is 2.17. The van der Waals surface area contributed by atoms with Crippen molar-refractivity contribution in [3.8, 4) is 0 Å². The topological polar surface area (TPSA) is 47.8 Å². The highest BCUT2D eigenvalue weighted by molar-refractivity contribution is 7.11. The van der Waals surface area contributed by atoms with E-state index in [0.717, 1.165) is 22.9 Å². The number of hydrogen-bond donors (Lipinski definition) is 0. The molecule has 2 rings (SSSR count). The summed E-state index contributed by atoms with van der Waals surface area (Å²) < 4.78 is 1.98. The third-order valence-corrected chi connectivity index (χ3v) is 3.43. The van der Waals surface area contributed by atoms with Gasteiger partial charge in [0.2, 0.25) is 0 Å². The van der Waals surface area contributed by atoms with Crippen LogP contribution in [0.2, 0.25) is 0 Å². The number of aromatic nitrogens is 3. The molecule has 0 aromatic carbocycles. The fraction of sp³-hybridized carbons (Fsp3) is 0.364. The molecule has 0 fully saturated rings. The van der Waals surface area contributed by atoms with Crippen LogP contribution in [0.3, 0.4) is 0 Å². The van der Waals surface area contributed by atoms with Crippen LogP contribution in [0.25, 0.3) is 0 Å². The maximum Gasteiger partial charge on any atom is 0.182 e. The molecule has 0 aliphatic rings. The van der Waals surface area contributed by atoms with Crippen LogP contribution < -0.4 is 0 Å². The highest BCUT2D eigenvalue weighted by Gasteiger charge is 2.14. The molecular weight excluding hydrogens is 222 g/mol. The van der Waals surface area contributed by atoms with Gasteiger partial charge in [-0.1, -0.05) is 0 Å². The van der Waals surface area contributed by atoms with E-state index in [1.807, 2.05) is 24.6 Å². The second-order valence-corrected chi connectivity index (χ2v) is 4.35. The van der Waals surface area contributed by atoms with Gasteiger partial charge in [0, 0.05) is 18.9 Å². The number of Topliss-reactive ketones (excluding diaryl/α,β-unsaturated/α-hetero) is 1. The zero-order valence-corrected chi connectivity index (χ0v) is 10.1. The molecule has 0 aliphatic carbocycles. The maximum atomic E-state index is 12.0. The summed E-state index contributed by atoms with van der Waals surface area (Å²) in [6, 6.07) is 0. The highest BCUT2D eigenvalue weighted by Crippen LogP contribution is 2.15. The Morgan fingerprint density at radius 2 is 2.31 bits per heavy atom. The van der Waals surface area contributed by atoms with E-state index in [9.17, 15) is 4.79 Å². The standard InChI is InChI=1S/C11H13N3OS/c1-3-14-5-4-12-10(14)6-9(15)11-8(2)13-7-16-11/h4-5,7H,3,6H2,1-2H3. The first-order chi connectivity index (χ1) is 7.72. The quantitative estimate of drug-likeness (QED) is 0.762. The minimum atomic E-state index is 0.0981. The molecule has 0 saturated carbocycles. The van der Waals surface area contributed by atoms with Gasteiger partial charge in [0.05, 0.1) is 22.5 Å². The Bertz CT molecular complexity index is 501. The van der Waals surface area contributed by atoms with Crippen LogP contribution in [0, 0.1) is 6.92 Å². The Kier molecular flexibility index (Phi) is 3.14. The van der Waals surface area contributed by atoms with Gasteiger partial charge in [-0.15, -0.1) is 11.3 Å². The van der Waals surface area contributed by atoms with Crippen molar-refractivity contribution in [2.45, 2.75) is 26.8 Å². The summed E-state index contributed by atoms with van der Waals surface area (Å²) >= 11 is 1.40. The Hall–Kier alpha value is -1.49. The lowest BCUT2D eigenvalue weighted by molar-refractivity contribution is 0.0993. The SMILES string of the molecule is CCn1ccnc1CC(=O)c1scnc1C. The van der Waals surface area contributed by atoms with Crippen LogP contribution in [0.1, 0.15) is 28.1 Å². The van der Waals surface area contributed by atoms with Crippen molar-refractivity contribution < 1.29 is 4.79 Å². The summed E-state index contributed by atoms with van der Waals surface area (Å²) in [4.78, 5) is 21.0. The van der Waals surface area contributed by atoms with E-state index in [2.05, 4.69) is 9.97 Å². The van der Waals surface area contributed by atoms with Gasteiger partial charge < -0.3 is 4.57 Å². The molecule has 5 heteroatoms. The molecule has 0 amide bonds. The van der Waals surface area contributed by atoms with Gasteiger partial charge in [0.15, 0.2) is 5.78 Å². The zero-order valence-electron chi connectivity index (χ0n) is 9.30. The van der Waals surface area contributed by atoms with Crippen LogP contribution >= 0.6 is 11.3 Å². The molecule has 16 heavy (non-hydrogen) atoms. The monoisotopic (exact) mass is 235 g/mol. The van der Waals surface area contributed by atoms with Gasteiger partial charge in [-0.3, -0.25) is 4.79 Å². The van der Waals surface area contributed by atoms with Crippen molar-refractivity contribution in [2.75, 3.05) is 0 Å². The number of carbonyl (C=O) groups excluding carboxylic acids is 1. The van der Waals surface area contributed by atoms with Gasteiger partial charge in [0.25, 0.3) is 0 Å². The minimum absolute atomic E-state index is 0.0981. The van der Waals surface area contributed by atoms with Gasteiger partial charge in [0.1, 0.15) is 5.82 Å². The molecule has 4 nitrogen and oxygen atoms in total. The largest absolute Gasteiger partial charge is 0.335 e. The number of carbonyl (C=O) groups is 1. The average Bonchev–Trinajstić information content (AvgIpc) is 2.86. The normalized spacial score (nSPS) is 10.6. The number of rotatable bonds is 4. The number of aryl methyl sites for hydroxylation is 2. The van der Waals surface area contributed by atoms with Crippen molar-refractivity contribution >= 4 is 17.1 Å². The molecule has 2 heterocycles. The van der Waals surface area contributed by atoms with Crippen LogP contribution in [0.4, 0.5) is 0 Å².